The van der Waals surface area contributed by atoms with E-state index in [-0.39, 0.29) is 35.0 Å². The maximum atomic E-state index is 12.6. The van der Waals surface area contributed by atoms with E-state index >= 15 is 0 Å². The summed E-state index contributed by atoms with van der Waals surface area (Å²) in [4.78, 5) is 10.6. The Morgan fingerprint density at radius 2 is 1.96 bits per heavy atom. The maximum absolute atomic E-state index is 12.6. The molecule has 146 valence electrons. The molecule has 8 nitrogen and oxygen atoms in total. The van der Waals surface area contributed by atoms with Gasteiger partial charge in [0.15, 0.2) is 0 Å². The van der Waals surface area contributed by atoms with Gasteiger partial charge >= 0.3 is 0 Å². The second-order valence-electron chi connectivity index (χ2n) is 6.95. The van der Waals surface area contributed by atoms with Crippen LogP contribution in [-0.2, 0) is 10.0 Å². The van der Waals surface area contributed by atoms with Gasteiger partial charge in [0.25, 0.3) is 5.69 Å². The highest BCUT2D eigenvalue weighted by Crippen LogP contribution is 2.30. The number of hydrogen-bond donors (Lipinski definition) is 3. The third-order valence-corrected chi connectivity index (χ3v) is 6.40. The number of nitro groups is 1. The Morgan fingerprint density at radius 3 is 2.50 bits per heavy atom. The molecule has 0 radical (unpaired) electrons. The van der Waals surface area contributed by atoms with Gasteiger partial charge in [0, 0.05) is 18.2 Å². The summed E-state index contributed by atoms with van der Waals surface area (Å²) < 4.78 is 27.9. The summed E-state index contributed by atoms with van der Waals surface area (Å²) in [7, 11) is -3.82. The van der Waals surface area contributed by atoms with Gasteiger partial charge in [-0.2, -0.15) is 0 Å². The topological polar surface area (TPSA) is 122 Å². The number of benzene rings is 1. The molecule has 0 bridgehead atoms. The average molecular weight is 385 g/mol. The van der Waals surface area contributed by atoms with Gasteiger partial charge in [-0.3, -0.25) is 10.1 Å². The minimum Gasteiger partial charge on any atom is -0.394 e. The molecule has 1 aliphatic carbocycles. The smallest absolute Gasteiger partial charge is 0.293 e. The Labute approximate surface area is 154 Å². The fourth-order valence-electron chi connectivity index (χ4n) is 3.11. The third kappa shape index (κ3) is 5.15. The van der Waals surface area contributed by atoms with Crippen LogP contribution in [0.4, 0.5) is 11.4 Å². The molecule has 0 aliphatic heterocycles. The number of hydrogen-bond acceptors (Lipinski definition) is 6. The lowest BCUT2D eigenvalue weighted by Gasteiger charge is -2.26. The fourth-order valence-corrected chi connectivity index (χ4v) is 4.44. The molecule has 0 heterocycles. The third-order valence-electron chi connectivity index (χ3n) is 4.89. The molecule has 0 spiro atoms. The van der Waals surface area contributed by atoms with Gasteiger partial charge in [0.2, 0.25) is 10.0 Å². The van der Waals surface area contributed by atoms with Crippen LogP contribution in [0.15, 0.2) is 23.1 Å². The summed E-state index contributed by atoms with van der Waals surface area (Å²) in [5.41, 5.74) is -0.126. The first-order valence-corrected chi connectivity index (χ1v) is 10.4. The normalized spacial score (nSPS) is 22.0. The van der Waals surface area contributed by atoms with Crippen LogP contribution < -0.4 is 10.0 Å². The minimum atomic E-state index is -3.82. The van der Waals surface area contributed by atoms with E-state index in [9.17, 15) is 23.6 Å². The predicted molar refractivity (Wildman–Crippen MR) is 99.6 cm³/mol. The monoisotopic (exact) mass is 385 g/mol. The molecule has 0 aromatic heterocycles. The number of anilines is 1. The van der Waals surface area contributed by atoms with Gasteiger partial charge in [-0.05, 0) is 50.2 Å². The number of aliphatic hydroxyl groups excluding tert-OH is 1. The highest BCUT2D eigenvalue weighted by molar-refractivity contribution is 7.89. The zero-order valence-electron chi connectivity index (χ0n) is 15.1. The summed E-state index contributed by atoms with van der Waals surface area (Å²) >= 11 is 0. The Kier molecular flexibility index (Phi) is 6.96. The summed E-state index contributed by atoms with van der Waals surface area (Å²) in [5.74, 6) is 0.597. The quantitative estimate of drug-likeness (QED) is 0.467. The molecule has 1 saturated carbocycles. The number of rotatable bonds is 8. The summed E-state index contributed by atoms with van der Waals surface area (Å²) in [6.45, 7) is 3.82. The van der Waals surface area contributed by atoms with Crippen LogP contribution in [0.1, 0.15) is 46.0 Å². The van der Waals surface area contributed by atoms with Gasteiger partial charge in [-0.15, -0.1) is 0 Å². The van der Waals surface area contributed by atoms with E-state index in [2.05, 4.69) is 17.0 Å². The highest BCUT2D eigenvalue weighted by Gasteiger charge is 2.26. The zero-order valence-corrected chi connectivity index (χ0v) is 16.0. The van der Waals surface area contributed by atoms with Gasteiger partial charge in [0.1, 0.15) is 5.69 Å². The Morgan fingerprint density at radius 1 is 1.31 bits per heavy atom. The second kappa shape index (κ2) is 8.79. The van der Waals surface area contributed by atoms with Crippen LogP contribution in [0.25, 0.3) is 0 Å². The average Bonchev–Trinajstić information content (AvgIpc) is 2.61. The van der Waals surface area contributed by atoms with Gasteiger partial charge in [-0.1, -0.05) is 13.8 Å². The van der Waals surface area contributed by atoms with E-state index in [1.165, 1.54) is 12.1 Å². The van der Waals surface area contributed by atoms with E-state index in [0.29, 0.717) is 12.3 Å². The van der Waals surface area contributed by atoms with Gasteiger partial charge < -0.3 is 10.4 Å². The van der Waals surface area contributed by atoms with Crippen LogP contribution in [0, 0.1) is 16.0 Å². The fraction of sp³-hybridized carbons (Fsp3) is 0.647. The molecule has 0 saturated heterocycles. The van der Waals surface area contributed by atoms with Crippen LogP contribution >= 0.6 is 0 Å². The molecule has 1 fully saturated rings. The first-order valence-electron chi connectivity index (χ1n) is 8.95. The SMILES string of the molecule is CCC(CO)Nc1ccc(S(=O)(=O)NC2CCC(C)CC2)cc1[N+](=O)[O-]. The van der Waals surface area contributed by atoms with E-state index in [4.69, 9.17) is 0 Å². The lowest BCUT2D eigenvalue weighted by molar-refractivity contribution is -0.384. The van der Waals surface area contributed by atoms with Crippen LogP contribution in [-0.4, -0.2) is 37.1 Å². The number of nitrogens with one attached hydrogen (secondary N) is 2. The first-order chi connectivity index (χ1) is 12.3. The van der Waals surface area contributed by atoms with Crippen molar-refractivity contribution in [1.29, 1.82) is 0 Å². The molecular formula is C17H27N3O5S. The summed E-state index contributed by atoms with van der Waals surface area (Å²) in [5, 5.41) is 23.5. The largest absolute Gasteiger partial charge is 0.394 e. The summed E-state index contributed by atoms with van der Waals surface area (Å²) in [6, 6.07) is 3.34. The second-order valence-corrected chi connectivity index (χ2v) is 8.66. The van der Waals surface area contributed by atoms with Crippen molar-refractivity contribution in [1.82, 2.24) is 4.72 Å². The van der Waals surface area contributed by atoms with Crippen molar-refractivity contribution >= 4 is 21.4 Å². The number of aliphatic hydroxyl groups is 1. The molecule has 1 aliphatic rings. The van der Waals surface area contributed by atoms with Crippen LogP contribution in [0.5, 0.6) is 0 Å². The molecular weight excluding hydrogens is 358 g/mol. The van der Waals surface area contributed by atoms with Crippen molar-refractivity contribution in [2.24, 2.45) is 5.92 Å². The molecule has 1 unspecified atom stereocenters. The van der Waals surface area contributed by atoms with Gasteiger partial charge in [-0.25, -0.2) is 13.1 Å². The molecule has 2 rings (SSSR count). The van der Waals surface area contributed by atoms with Crippen LogP contribution in [0.2, 0.25) is 0 Å². The highest BCUT2D eigenvalue weighted by atomic mass is 32.2. The number of nitrogens with zero attached hydrogens (tertiary/aromatic N) is 1. The molecule has 0 amide bonds. The molecule has 1 atom stereocenters. The molecule has 9 heteroatoms. The molecule has 1 aromatic carbocycles. The van der Waals surface area contributed by atoms with Crippen LogP contribution in [0.3, 0.4) is 0 Å². The van der Waals surface area contributed by atoms with Crippen molar-refractivity contribution < 1.29 is 18.4 Å². The molecule has 3 N–H and O–H groups in total. The lowest BCUT2D eigenvalue weighted by Crippen LogP contribution is -2.37. The van der Waals surface area contributed by atoms with Gasteiger partial charge in [0.05, 0.1) is 16.4 Å². The first kappa shape index (κ1) is 20.6. The van der Waals surface area contributed by atoms with Crippen molar-refractivity contribution in [3.05, 3.63) is 28.3 Å². The van der Waals surface area contributed by atoms with Crippen molar-refractivity contribution in [2.45, 2.75) is 62.9 Å². The Bertz CT molecular complexity index is 726. The minimum absolute atomic E-state index is 0.120. The Hall–Kier alpha value is -1.71. The van der Waals surface area contributed by atoms with E-state index in [1.807, 2.05) is 6.92 Å². The number of nitro benzene ring substituents is 1. The van der Waals surface area contributed by atoms with Crippen molar-refractivity contribution in [2.75, 3.05) is 11.9 Å². The van der Waals surface area contributed by atoms with E-state index in [1.54, 1.807) is 0 Å². The zero-order chi connectivity index (χ0) is 19.3. The van der Waals surface area contributed by atoms with E-state index < -0.39 is 14.9 Å². The Balaban J connectivity index is 2.23. The number of sulfonamides is 1. The van der Waals surface area contributed by atoms with Crippen molar-refractivity contribution in [3.63, 3.8) is 0 Å². The van der Waals surface area contributed by atoms with Crippen molar-refractivity contribution in [3.8, 4) is 0 Å². The molecule has 26 heavy (non-hydrogen) atoms. The lowest BCUT2D eigenvalue weighted by atomic mass is 9.88. The predicted octanol–water partition coefficient (Wildman–Crippen LogP) is 2.63. The summed E-state index contributed by atoms with van der Waals surface area (Å²) in [6.07, 6.45) is 4.06. The maximum Gasteiger partial charge on any atom is 0.293 e. The van der Waals surface area contributed by atoms with E-state index in [0.717, 1.165) is 31.7 Å². The standard InChI is InChI=1S/C17H27N3O5S/c1-3-13(11-21)18-16-9-8-15(10-17(16)20(22)23)26(24,25)19-14-6-4-12(2)5-7-14/h8-10,12-14,18-19,21H,3-7,11H2,1-2H3. The molecule has 1 aromatic rings.